The van der Waals surface area contributed by atoms with E-state index in [2.05, 4.69) is 39.8 Å². The fourth-order valence-corrected chi connectivity index (χ4v) is 3.51. The Kier molecular flexibility index (Phi) is 7.82. The fourth-order valence-electron chi connectivity index (χ4n) is 3.51. The number of carbonyl (C=O) groups is 2. The van der Waals surface area contributed by atoms with Crippen molar-refractivity contribution in [2.45, 2.75) is 19.5 Å². The van der Waals surface area contributed by atoms with E-state index in [9.17, 15) is 9.59 Å². The van der Waals surface area contributed by atoms with Crippen molar-refractivity contribution in [3.05, 3.63) is 65.2 Å². The number of amides is 2. The Morgan fingerprint density at radius 3 is 2.40 bits per heavy atom. The van der Waals surface area contributed by atoms with E-state index in [1.165, 1.54) is 5.56 Å². The summed E-state index contributed by atoms with van der Waals surface area (Å²) < 4.78 is 10.7. The summed E-state index contributed by atoms with van der Waals surface area (Å²) in [6.45, 7) is 5.51. The predicted molar refractivity (Wildman–Crippen MR) is 114 cm³/mol. The molecule has 0 aromatic heterocycles. The van der Waals surface area contributed by atoms with Crippen LogP contribution in [0.25, 0.3) is 0 Å². The number of nitrogens with zero attached hydrogens (tertiary/aromatic N) is 1. The Bertz CT molecular complexity index is 848. The van der Waals surface area contributed by atoms with Gasteiger partial charge >= 0.3 is 11.8 Å². The topological polar surface area (TPSA) is 79.9 Å². The maximum absolute atomic E-state index is 12.4. The first kappa shape index (κ1) is 21.8. The number of hydrogen-bond acceptors (Lipinski definition) is 5. The summed E-state index contributed by atoms with van der Waals surface area (Å²) in [7, 11) is 1.57. The molecule has 0 unspecified atom stereocenters. The smallest absolute Gasteiger partial charge is 0.309 e. The van der Waals surface area contributed by atoms with Crippen molar-refractivity contribution in [2.24, 2.45) is 0 Å². The van der Waals surface area contributed by atoms with Crippen molar-refractivity contribution in [2.75, 3.05) is 40.0 Å². The fraction of sp³-hybridized carbons (Fsp3) is 0.391. The van der Waals surface area contributed by atoms with E-state index >= 15 is 0 Å². The van der Waals surface area contributed by atoms with Gasteiger partial charge in [-0.3, -0.25) is 14.5 Å². The second kappa shape index (κ2) is 10.8. The SMILES string of the molecule is COc1ccccc1CNC(=O)C(=O)NC[C@@H](c1ccc(C)cc1)N1CCOCC1. The minimum Gasteiger partial charge on any atom is -0.496 e. The number of aryl methyl sites for hydroxylation is 1. The lowest BCUT2D eigenvalue weighted by atomic mass is 10.0. The summed E-state index contributed by atoms with van der Waals surface area (Å²) in [6, 6.07) is 15.6. The first-order chi connectivity index (χ1) is 14.6. The molecule has 2 N–H and O–H groups in total. The highest BCUT2D eigenvalue weighted by Crippen LogP contribution is 2.22. The van der Waals surface area contributed by atoms with Crippen LogP contribution in [0.5, 0.6) is 5.75 Å². The molecular formula is C23H29N3O4. The Balaban J connectivity index is 1.59. The zero-order valence-electron chi connectivity index (χ0n) is 17.5. The lowest BCUT2D eigenvalue weighted by Crippen LogP contribution is -2.46. The molecule has 3 rings (SSSR count). The first-order valence-corrected chi connectivity index (χ1v) is 10.1. The van der Waals surface area contributed by atoms with Gasteiger partial charge in [-0.05, 0) is 18.6 Å². The summed E-state index contributed by atoms with van der Waals surface area (Å²) >= 11 is 0. The van der Waals surface area contributed by atoms with E-state index in [0.29, 0.717) is 25.5 Å². The van der Waals surface area contributed by atoms with Crippen LogP contribution >= 0.6 is 0 Å². The second-order valence-electron chi connectivity index (χ2n) is 7.28. The molecule has 2 amide bonds. The summed E-state index contributed by atoms with van der Waals surface area (Å²) in [5.74, 6) is -0.634. The average molecular weight is 412 g/mol. The number of rotatable bonds is 7. The van der Waals surface area contributed by atoms with Crippen molar-refractivity contribution in [1.29, 1.82) is 0 Å². The van der Waals surface area contributed by atoms with Gasteiger partial charge in [-0.15, -0.1) is 0 Å². The van der Waals surface area contributed by atoms with Crippen molar-refractivity contribution in [3.63, 3.8) is 0 Å². The maximum atomic E-state index is 12.4. The quantitative estimate of drug-likeness (QED) is 0.680. The average Bonchev–Trinajstić information content (AvgIpc) is 2.79. The van der Waals surface area contributed by atoms with Gasteiger partial charge in [-0.25, -0.2) is 0 Å². The maximum Gasteiger partial charge on any atom is 0.309 e. The number of morpholine rings is 1. The van der Waals surface area contributed by atoms with Crippen LogP contribution in [0.4, 0.5) is 0 Å². The number of nitrogens with one attached hydrogen (secondary N) is 2. The molecule has 7 heteroatoms. The van der Waals surface area contributed by atoms with Crippen LogP contribution in [-0.2, 0) is 20.9 Å². The molecule has 0 saturated carbocycles. The lowest BCUT2D eigenvalue weighted by Gasteiger charge is -2.35. The highest BCUT2D eigenvalue weighted by molar-refractivity contribution is 6.35. The third-order valence-electron chi connectivity index (χ3n) is 5.24. The van der Waals surface area contributed by atoms with Gasteiger partial charge in [0.25, 0.3) is 0 Å². The van der Waals surface area contributed by atoms with Crippen LogP contribution in [0.2, 0.25) is 0 Å². The second-order valence-corrected chi connectivity index (χ2v) is 7.28. The Morgan fingerprint density at radius 1 is 1.03 bits per heavy atom. The number of para-hydroxylation sites is 1. The zero-order valence-corrected chi connectivity index (χ0v) is 17.5. The van der Waals surface area contributed by atoms with E-state index in [0.717, 1.165) is 24.2 Å². The molecule has 1 atom stereocenters. The third-order valence-corrected chi connectivity index (χ3v) is 5.24. The van der Waals surface area contributed by atoms with Crippen LogP contribution in [0.1, 0.15) is 22.7 Å². The van der Waals surface area contributed by atoms with Crippen LogP contribution in [0.15, 0.2) is 48.5 Å². The number of benzene rings is 2. The predicted octanol–water partition coefficient (Wildman–Crippen LogP) is 1.81. The number of ether oxygens (including phenoxy) is 2. The largest absolute Gasteiger partial charge is 0.496 e. The summed E-state index contributed by atoms with van der Waals surface area (Å²) in [6.07, 6.45) is 0. The van der Waals surface area contributed by atoms with Gasteiger partial charge in [0.15, 0.2) is 0 Å². The van der Waals surface area contributed by atoms with Crippen LogP contribution in [0.3, 0.4) is 0 Å². The minimum absolute atomic E-state index is 0.0135. The van der Waals surface area contributed by atoms with Gasteiger partial charge in [0.1, 0.15) is 5.75 Å². The molecule has 1 aliphatic heterocycles. The zero-order chi connectivity index (χ0) is 21.3. The van der Waals surface area contributed by atoms with Crippen molar-refractivity contribution in [3.8, 4) is 5.75 Å². The molecule has 1 fully saturated rings. The molecule has 0 aliphatic carbocycles. The molecule has 7 nitrogen and oxygen atoms in total. The van der Waals surface area contributed by atoms with E-state index in [-0.39, 0.29) is 12.6 Å². The monoisotopic (exact) mass is 411 g/mol. The molecule has 30 heavy (non-hydrogen) atoms. The number of carbonyl (C=O) groups excluding carboxylic acids is 2. The van der Waals surface area contributed by atoms with Gasteiger partial charge in [-0.1, -0.05) is 48.0 Å². The molecule has 0 bridgehead atoms. The van der Waals surface area contributed by atoms with E-state index in [1.807, 2.05) is 31.2 Å². The third kappa shape index (κ3) is 5.81. The molecule has 1 heterocycles. The van der Waals surface area contributed by atoms with E-state index in [4.69, 9.17) is 9.47 Å². The van der Waals surface area contributed by atoms with Gasteiger partial charge in [-0.2, -0.15) is 0 Å². The normalized spacial score (nSPS) is 15.3. The van der Waals surface area contributed by atoms with Crippen LogP contribution < -0.4 is 15.4 Å². The highest BCUT2D eigenvalue weighted by Gasteiger charge is 2.24. The van der Waals surface area contributed by atoms with Gasteiger partial charge in [0.2, 0.25) is 0 Å². The number of hydrogen-bond donors (Lipinski definition) is 2. The Morgan fingerprint density at radius 2 is 1.70 bits per heavy atom. The van der Waals surface area contributed by atoms with Crippen LogP contribution in [-0.4, -0.2) is 56.7 Å². The van der Waals surface area contributed by atoms with Gasteiger partial charge in [0.05, 0.1) is 26.4 Å². The minimum atomic E-state index is -0.662. The van der Waals surface area contributed by atoms with Crippen molar-refractivity contribution in [1.82, 2.24) is 15.5 Å². The summed E-state index contributed by atoms with van der Waals surface area (Å²) in [5, 5.41) is 5.45. The molecule has 0 radical (unpaired) electrons. The van der Waals surface area contributed by atoms with Gasteiger partial charge < -0.3 is 20.1 Å². The number of methoxy groups -OCH3 is 1. The Hall–Kier alpha value is -2.90. The molecule has 2 aromatic rings. The first-order valence-electron chi connectivity index (χ1n) is 10.1. The van der Waals surface area contributed by atoms with Gasteiger partial charge in [0, 0.05) is 31.7 Å². The van der Waals surface area contributed by atoms with E-state index in [1.54, 1.807) is 7.11 Å². The molecule has 160 valence electrons. The summed E-state index contributed by atoms with van der Waals surface area (Å²) in [4.78, 5) is 27.0. The lowest BCUT2D eigenvalue weighted by molar-refractivity contribution is -0.139. The Labute approximate surface area is 177 Å². The highest BCUT2D eigenvalue weighted by atomic mass is 16.5. The standard InChI is InChI=1S/C23H29N3O4/c1-17-7-9-18(10-8-17)20(26-11-13-30-14-12-26)16-25-23(28)22(27)24-15-19-5-3-4-6-21(19)29-2/h3-10,20H,11-16H2,1-2H3,(H,24,27)(H,25,28)/t20-/m0/s1. The molecule has 0 spiro atoms. The van der Waals surface area contributed by atoms with Crippen LogP contribution in [0, 0.1) is 6.92 Å². The van der Waals surface area contributed by atoms with Crippen molar-refractivity contribution < 1.29 is 19.1 Å². The molecular weight excluding hydrogens is 382 g/mol. The molecule has 2 aromatic carbocycles. The molecule has 1 saturated heterocycles. The van der Waals surface area contributed by atoms with E-state index < -0.39 is 11.8 Å². The summed E-state index contributed by atoms with van der Waals surface area (Å²) in [5.41, 5.74) is 3.10. The van der Waals surface area contributed by atoms with Crippen molar-refractivity contribution >= 4 is 11.8 Å². The molecule has 1 aliphatic rings.